The number of hydrogen-bond donors (Lipinski definition) is 0. The SMILES string of the molecule is CCCCCCCCCCCCCCC(C=O)(CCC)CCC. The number of rotatable bonds is 18. The van der Waals surface area contributed by atoms with Crippen LogP contribution in [0.1, 0.15) is 130 Å². The lowest BCUT2D eigenvalue weighted by atomic mass is 9.76. The van der Waals surface area contributed by atoms with Crippen molar-refractivity contribution in [1.29, 1.82) is 0 Å². The van der Waals surface area contributed by atoms with E-state index in [0.29, 0.717) is 0 Å². The Hall–Kier alpha value is -0.330. The molecule has 0 aliphatic rings. The highest BCUT2D eigenvalue weighted by Gasteiger charge is 2.26. The summed E-state index contributed by atoms with van der Waals surface area (Å²) in [6.07, 6.45) is 23.5. The van der Waals surface area contributed by atoms with Gasteiger partial charge in [-0.05, 0) is 19.3 Å². The summed E-state index contributed by atoms with van der Waals surface area (Å²) in [6.45, 7) is 6.69. The van der Waals surface area contributed by atoms with Crippen LogP contribution in [-0.4, -0.2) is 6.29 Å². The van der Waals surface area contributed by atoms with E-state index < -0.39 is 0 Å². The van der Waals surface area contributed by atoms with Crippen LogP contribution < -0.4 is 0 Å². The van der Waals surface area contributed by atoms with Crippen molar-refractivity contribution in [2.45, 2.75) is 130 Å². The first kappa shape index (κ1) is 22.7. The summed E-state index contributed by atoms with van der Waals surface area (Å²) in [5.41, 5.74) is 0.00197. The molecule has 0 aromatic heterocycles. The summed E-state index contributed by atoms with van der Waals surface area (Å²) in [7, 11) is 0. The van der Waals surface area contributed by atoms with Gasteiger partial charge in [0.25, 0.3) is 0 Å². The van der Waals surface area contributed by atoms with E-state index in [2.05, 4.69) is 20.8 Å². The molecule has 0 fully saturated rings. The molecule has 23 heavy (non-hydrogen) atoms. The molecule has 1 nitrogen and oxygen atoms in total. The fourth-order valence-electron chi connectivity index (χ4n) is 3.87. The average molecular weight is 325 g/mol. The molecule has 0 N–H and O–H groups in total. The highest BCUT2D eigenvalue weighted by Crippen LogP contribution is 2.33. The maximum Gasteiger partial charge on any atom is 0.126 e. The summed E-state index contributed by atoms with van der Waals surface area (Å²) < 4.78 is 0. The molecule has 0 heterocycles. The van der Waals surface area contributed by atoms with Crippen LogP contribution in [0, 0.1) is 5.41 Å². The second-order valence-electron chi connectivity index (χ2n) is 7.62. The van der Waals surface area contributed by atoms with Gasteiger partial charge in [-0.1, -0.05) is 111 Å². The van der Waals surface area contributed by atoms with Gasteiger partial charge in [-0.15, -0.1) is 0 Å². The number of unbranched alkanes of at least 4 members (excludes halogenated alkanes) is 11. The van der Waals surface area contributed by atoms with Crippen LogP contribution >= 0.6 is 0 Å². The monoisotopic (exact) mass is 324 g/mol. The van der Waals surface area contributed by atoms with Crippen LogP contribution in [-0.2, 0) is 4.79 Å². The molecule has 138 valence electrons. The first-order valence-electron chi connectivity index (χ1n) is 10.7. The van der Waals surface area contributed by atoms with Gasteiger partial charge in [0.05, 0.1) is 0 Å². The summed E-state index contributed by atoms with van der Waals surface area (Å²) in [4.78, 5) is 11.5. The number of carbonyl (C=O) groups is 1. The molecule has 0 rings (SSSR count). The van der Waals surface area contributed by atoms with Gasteiger partial charge >= 0.3 is 0 Å². The van der Waals surface area contributed by atoms with Crippen LogP contribution in [0.5, 0.6) is 0 Å². The van der Waals surface area contributed by atoms with E-state index in [1.165, 1.54) is 83.3 Å². The lowest BCUT2D eigenvalue weighted by Crippen LogP contribution is -2.22. The Balaban J connectivity index is 3.51. The normalized spacial score (nSPS) is 11.8. The molecule has 0 saturated carbocycles. The first-order valence-corrected chi connectivity index (χ1v) is 10.7. The van der Waals surface area contributed by atoms with Crippen LogP contribution in [0.25, 0.3) is 0 Å². The van der Waals surface area contributed by atoms with Crippen LogP contribution in [0.2, 0.25) is 0 Å². The van der Waals surface area contributed by atoms with Gasteiger partial charge in [-0.2, -0.15) is 0 Å². The first-order chi connectivity index (χ1) is 11.2. The van der Waals surface area contributed by atoms with Crippen molar-refractivity contribution >= 4 is 6.29 Å². The Kier molecular flexibility index (Phi) is 16.3. The Morgan fingerprint density at radius 2 is 0.913 bits per heavy atom. The average Bonchev–Trinajstić information content (AvgIpc) is 2.56. The largest absolute Gasteiger partial charge is 0.303 e. The van der Waals surface area contributed by atoms with Crippen molar-refractivity contribution in [1.82, 2.24) is 0 Å². The number of carbonyl (C=O) groups excluding carboxylic acids is 1. The van der Waals surface area contributed by atoms with Gasteiger partial charge in [0, 0.05) is 5.41 Å². The van der Waals surface area contributed by atoms with Crippen LogP contribution in [0.3, 0.4) is 0 Å². The van der Waals surface area contributed by atoms with Crippen LogP contribution in [0.4, 0.5) is 0 Å². The third kappa shape index (κ3) is 12.7. The van der Waals surface area contributed by atoms with Crippen LogP contribution in [0.15, 0.2) is 0 Å². The molecule has 0 amide bonds. The fraction of sp³-hybridized carbons (Fsp3) is 0.955. The minimum Gasteiger partial charge on any atom is -0.303 e. The zero-order chi connectivity index (χ0) is 17.2. The lowest BCUT2D eigenvalue weighted by Gasteiger charge is -2.27. The third-order valence-electron chi connectivity index (χ3n) is 5.27. The predicted molar refractivity (Wildman–Crippen MR) is 104 cm³/mol. The predicted octanol–water partition coefficient (Wildman–Crippen LogP) is 7.86. The summed E-state index contributed by atoms with van der Waals surface area (Å²) >= 11 is 0. The molecule has 0 aromatic carbocycles. The molecule has 0 spiro atoms. The smallest absolute Gasteiger partial charge is 0.126 e. The maximum atomic E-state index is 11.5. The fourth-order valence-corrected chi connectivity index (χ4v) is 3.87. The topological polar surface area (TPSA) is 17.1 Å². The highest BCUT2D eigenvalue weighted by molar-refractivity contribution is 5.59. The zero-order valence-corrected chi connectivity index (χ0v) is 16.5. The van der Waals surface area contributed by atoms with E-state index in [9.17, 15) is 4.79 Å². The third-order valence-corrected chi connectivity index (χ3v) is 5.27. The maximum absolute atomic E-state index is 11.5. The quantitative estimate of drug-likeness (QED) is 0.185. The molecular formula is C22H44O. The van der Waals surface area contributed by atoms with E-state index in [1.54, 1.807) is 0 Å². The Labute approximate surface area is 147 Å². The van der Waals surface area contributed by atoms with Crippen molar-refractivity contribution in [3.05, 3.63) is 0 Å². The second kappa shape index (κ2) is 16.5. The summed E-state index contributed by atoms with van der Waals surface area (Å²) in [6, 6.07) is 0. The van der Waals surface area contributed by atoms with Gasteiger partial charge in [-0.25, -0.2) is 0 Å². The minimum absolute atomic E-state index is 0.00197. The van der Waals surface area contributed by atoms with E-state index in [1.807, 2.05) is 0 Å². The molecule has 1 heteroatoms. The standard InChI is InChI=1S/C22H44O/c1-4-7-8-9-10-11-12-13-14-15-16-17-20-22(21-23,18-5-2)19-6-3/h21H,4-20H2,1-3H3. The van der Waals surface area contributed by atoms with Crippen molar-refractivity contribution in [2.24, 2.45) is 5.41 Å². The van der Waals surface area contributed by atoms with Crippen molar-refractivity contribution < 1.29 is 4.79 Å². The van der Waals surface area contributed by atoms with E-state index >= 15 is 0 Å². The second-order valence-corrected chi connectivity index (χ2v) is 7.62. The van der Waals surface area contributed by atoms with Gasteiger partial charge in [0.15, 0.2) is 0 Å². The van der Waals surface area contributed by atoms with E-state index in [4.69, 9.17) is 0 Å². The molecule has 0 unspecified atom stereocenters. The highest BCUT2D eigenvalue weighted by atomic mass is 16.1. The number of hydrogen-bond acceptors (Lipinski definition) is 1. The zero-order valence-electron chi connectivity index (χ0n) is 16.5. The summed E-state index contributed by atoms with van der Waals surface area (Å²) in [5.74, 6) is 0. The minimum atomic E-state index is 0.00197. The Morgan fingerprint density at radius 3 is 1.26 bits per heavy atom. The van der Waals surface area contributed by atoms with Crippen molar-refractivity contribution in [3.63, 3.8) is 0 Å². The van der Waals surface area contributed by atoms with Gasteiger partial charge < -0.3 is 4.79 Å². The van der Waals surface area contributed by atoms with Crippen molar-refractivity contribution in [2.75, 3.05) is 0 Å². The lowest BCUT2D eigenvalue weighted by molar-refractivity contribution is -0.117. The summed E-state index contributed by atoms with van der Waals surface area (Å²) in [5, 5.41) is 0. The van der Waals surface area contributed by atoms with E-state index in [0.717, 1.165) is 32.1 Å². The molecular weight excluding hydrogens is 280 g/mol. The molecule has 0 bridgehead atoms. The van der Waals surface area contributed by atoms with Gasteiger partial charge in [-0.3, -0.25) is 0 Å². The molecule has 0 aliphatic heterocycles. The van der Waals surface area contributed by atoms with Gasteiger partial charge in [0.1, 0.15) is 6.29 Å². The Bertz CT molecular complexity index is 240. The molecule has 0 aromatic rings. The van der Waals surface area contributed by atoms with Gasteiger partial charge in [0.2, 0.25) is 0 Å². The molecule has 0 saturated heterocycles. The molecule has 0 aliphatic carbocycles. The molecule has 0 radical (unpaired) electrons. The number of aldehydes is 1. The Morgan fingerprint density at radius 1 is 0.522 bits per heavy atom. The van der Waals surface area contributed by atoms with Crippen molar-refractivity contribution in [3.8, 4) is 0 Å². The van der Waals surface area contributed by atoms with E-state index in [-0.39, 0.29) is 5.41 Å². The molecule has 0 atom stereocenters.